The fourth-order valence-electron chi connectivity index (χ4n) is 2.76. The molecule has 0 radical (unpaired) electrons. The Kier molecular flexibility index (Phi) is 5.36. The molecule has 25 heavy (non-hydrogen) atoms. The molecule has 0 aromatic heterocycles. The average Bonchev–Trinajstić information content (AvgIpc) is 2.70. The Hall–Kier alpha value is -2.78. The summed E-state index contributed by atoms with van der Waals surface area (Å²) in [5.41, 5.74) is 2.54. The van der Waals surface area contributed by atoms with Crippen LogP contribution in [0.3, 0.4) is 0 Å². The lowest BCUT2D eigenvalue weighted by Crippen LogP contribution is -2.38. The molecule has 0 aliphatic heterocycles. The van der Waals surface area contributed by atoms with Crippen molar-refractivity contribution < 1.29 is 4.79 Å². The average molecular weight is 345 g/mol. The van der Waals surface area contributed by atoms with Gasteiger partial charge >= 0.3 is 0 Å². The standard InChI is InChI=1S/C22H19NOS/c1-17(18-11-5-2-6-12-18)23(21(24)19-13-7-3-8-14-19)22(25)20-15-9-4-10-16-20/h2-17H,1H3/t17-/m1/s1. The minimum atomic E-state index is -0.165. The van der Waals surface area contributed by atoms with Gasteiger partial charge in [0, 0.05) is 11.1 Å². The molecule has 1 atom stereocenters. The summed E-state index contributed by atoms with van der Waals surface area (Å²) in [5.74, 6) is -0.0918. The highest BCUT2D eigenvalue weighted by Crippen LogP contribution is 2.25. The van der Waals surface area contributed by atoms with Crippen LogP contribution in [0.15, 0.2) is 91.0 Å². The predicted molar refractivity (Wildman–Crippen MR) is 106 cm³/mol. The maximum absolute atomic E-state index is 13.2. The van der Waals surface area contributed by atoms with Gasteiger partial charge in [0.15, 0.2) is 0 Å². The molecule has 3 heteroatoms. The van der Waals surface area contributed by atoms with Gasteiger partial charge in [0.05, 0.1) is 6.04 Å². The number of carbonyl (C=O) groups excluding carboxylic acids is 1. The molecule has 3 rings (SSSR count). The minimum Gasteiger partial charge on any atom is -0.291 e. The molecular formula is C22H19NOS. The molecule has 0 heterocycles. The first-order valence-corrected chi connectivity index (χ1v) is 8.62. The van der Waals surface area contributed by atoms with E-state index < -0.39 is 0 Å². The van der Waals surface area contributed by atoms with E-state index in [1.165, 1.54) is 0 Å². The van der Waals surface area contributed by atoms with E-state index in [-0.39, 0.29) is 11.9 Å². The Morgan fingerprint density at radius 3 is 1.72 bits per heavy atom. The van der Waals surface area contributed by atoms with E-state index in [1.54, 1.807) is 4.90 Å². The Bertz CT molecular complexity index is 795. The summed E-state index contributed by atoms with van der Waals surface area (Å²) in [5, 5.41) is 0. The summed E-state index contributed by atoms with van der Waals surface area (Å²) in [7, 11) is 0. The van der Waals surface area contributed by atoms with Gasteiger partial charge in [0.2, 0.25) is 0 Å². The first kappa shape index (κ1) is 17.1. The van der Waals surface area contributed by atoms with Gasteiger partial charge in [0.25, 0.3) is 5.91 Å². The minimum absolute atomic E-state index is 0.0918. The van der Waals surface area contributed by atoms with Crippen LogP contribution >= 0.6 is 12.2 Å². The predicted octanol–water partition coefficient (Wildman–Crippen LogP) is 5.27. The highest BCUT2D eigenvalue weighted by atomic mass is 32.1. The number of hydrogen-bond donors (Lipinski definition) is 0. The number of amides is 1. The molecule has 3 aromatic rings. The van der Waals surface area contributed by atoms with Gasteiger partial charge in [-0.25, -0.2) is 0 Å². The first-order chi connectivity index (χ1) is 12.2. The lowest BCUT2D eigenvalue weighted by atomic mass is 10.0. The third-order valence-electron chi connectivity index (χ3n) is 4.15. The molecule has 0 unspecified atom stereocenters. The van der Waals surface area contributed by atoms with Crippen LogP contribution in [0.1, 0.15) is 34.5 Å². The topological polar surface area (TPSA) is 20.3 Å². The van der Waals surface area contributed by atoms with Gasteiger partial charge in [-0.05, 0) is 24.6 Å². The SMILES string of the molecule is C[C@H](c1ccccc1)N(C(=O)c1ccccc1)C(=S)c1ccccc1. The molecule has 0 aliphatic carbocycles. The van der Waals surface area contributed by atoms with Crippen molar-refractivity contribution in [3.63, 3.8) is 0 Å². The third kappa shape index (κ3) is 3.83. The van der Waals surface area contributed by atoms with Crippen molar-refractivity contribution >= 4 is 23.1 Å². The van der Waals surface area contributed by atoms with Gasteiger partial charge in [-0.15, -0.1) is 0 Å². The molecule has 0 bridgehead atoms. The maximum Gasteiger partial charge on any atom is 0.259 e. The van der Waals surface area contributed by atoms with E-state index in [0.717, 1.165) is 11.1 Å². The Morgan fingerprint density at radius 2 is 1.20 bits per heavy atom. The van der Waals surface area contributed by atoms with E-state index >= 15 is 0 Å². The number of hydrogen-bond acceptors (Lipinski definition) is 2. The second-order valence-corrected chi connectivity index (χ2v) is 6.19. The number of thiocarbonyl (C=S) groups is 1. The van der Waals surface area contributed by atoms with Crippen LogP contribution in [-0.2, 0) is 0 Å². The monoisotopic (exact) mass is 345 g/mol. The quantitative estimate of drug-likeness (QED) is 0.601. The van der Waals surface area contributed by atoms with Crippen molar-refractivity contribution in [1.82, 2.24) is 4.90 Å². The van der Waals surface area contributed by atoms with Gasteiger partial charge in [-0.2, -0.15) is 0 Å². The zero-order valence-electron chi connectivity index (χ0n) is 14.0. The Labute approximate surface area is 153 Å². The van der Waals surface area contributed by atoms with Crippen LogP contribution in [0.4, 0.5) is 0 Å². The molecule has 3 aromatic carbocycles. The van der Waals surface area contributed by atoms with Crippen LogP contribution in [0.25, 0.3) is 0 Å². The van der Waals surface area contributed by atoms with Gasteiger partial charge < -0.3 is 0 Å². The third-order valence-corrected chi connectivity index (χ3v) is 4.58. The molecule has 0 saturated heterocycles. The van der Waals surface area contributed by atoms with E-state index in [9.17, 15) is 4.79 Å². The summed E-state index contributed by atoms with van der Waals surface area (Å²) in [6, 6.07) is 28.7. The number of carbonyl (C=O) groups is 1. The van der Waals surface area contributed by atoms with E-state index in [4.69, 9.17) is 12.2 Å². The smallest absolute Gasteiger partial charge is 0.259 e. The van der Waals surface area contributed by atoms with Crippen molar-refractivity contribution in [2.75, 3.05) is 0 Å². The van der Waals surface area contributed by atoms with Crippen molar-refractivity contribution in [2.45, 2.75) is 13.0 Å². The van der Waals surface area contributed by atoms with Gasteiger partial charge in [-0.3, -0.25) is 9.69 Å². The number of nitrogens with zero attached hydrogens (tertiary/aromatic N) is 1. The Balaban J connectivity index is 2.02. The summed E-state index contributed by atoms with van der Waals surface area (Å²) in [6.07, 6.45) is 0. The molecule has 0 saturated carbocycles. The lowest BCUT2D eigenvalue weighted by Gasteiger charge is -2.30. The highest BCUT2D eigenvalue weighted by molar-refractivity contribution is 7.80. The van der Waals surface area contributed by atoms with E-state index in [2.05, 4.69) is 0 Å². The van der Waals surface area contributed by atoms with Crippen molar-refractivity contribution in [2.24, 2.45) is 0 Å². The summed E-state index contributed by atoms with van der Waals surface area (Å²) in [4.78, 5) is 15.4. The van der Waals surface area contributed by atoms with Crippen molar-refractivity contribution in [1.29, 1.82) is 0 Å². The largest absolute Gasteiger partial charge is 0.291 e. The van der Waals surface area contributed by atoms with Crippen LogP contribution in [0, 0.1) is 0 Å². The fraction of sp³-hybridized carbons (Fsp3) is 0.0909. The Morgan fingerprint density at radius 1 is 0.760 bits per heavy atom. The normalized spacial score (nSPS) is 11.6. The zero-order valence-corrected chi connectivity index (χ0v) is 14.8. The molecule has 124 valence electrons. The summed E-state index contributed by atoms with van der Waals surface area (Å²) >= 11 is 5.70. The lowest BCUT2D eigenvalue weighted by molar-refractivity contribution is 0.0813. The molecule has 0 aliphatic rings. The van der Waals surface area contributed by atoms with Crippen molar-refractivity contribution in [3.8, 4) is 0 Å². The first-order valence-electron chi connectivity index (χ1n) is 8.21. The number of rotatable bonds is 4. The van der Waals surface area contributed by atoms with Crippen LogP contribution in [-0.4, -0.2) is 15.8 Å². The second-order valence-electron chi connectivity index (χ2n) is 5.80. The molecular weight excluding hydrogens is 326 g/mol. The number of benzene rings is 3. The van der Waals surface area contributed by atoms with Crippen molar-refractivity contribution in [3.05, 3.63) is 108 Å². The molecule has 2 nitrogen and oxygen atoms in total. The summed E-state index contributed by atoms with van der Waals surface area (Å²) in [6.45, 7) is 2.01. The molecule has 0 spiro atoms. The van der Waals surface area contributed by atoms with Crippen LogP contribution < -0.4 is 0 Å². The van der Waals surface area contributed by atoms with E-state index in [0.29, 0.717) is 10.6 Å². The second kappa shape index (κ2) is 7.86. The molecule has 0 fully saturated rings. The highest BCUT2D eigenvalue weighted by Gasteiger charge is 2.27. The fourth-order valence-corrected chi connectivity index (χ4v) is 3.14. The van der Waals surface area contributed by atoms with Crippen LogP contribution in [0.2, 0.25) is 0 Å². The zero-order chi connectivity index (χ0) is 17.6. The maximum atomic E-state index is 13.2. The molecule has 1 amide bonds. The summed E-state index contributed by atoms with van der Waals surface area (Å²) < 4.78 is 0. The van der Waals surface area contributed by atoms with E-state index in [1.807, 2.05) is 97.9 Å². The molecule has 0 N–H and O–H groups in total. The van der Waals surface area contributed by atoms with Crippen LogP contribution in [0.5, 0.6) is 0 Å². The van der Waals surface area contributed by atoms with Gasteiger partial charge in [-0.1, -0.05) is 91.1 Å². The van der Waals surface area contributed by atoms with Gasteiger partial charge in [0.1, 0.15) is 4.99 Å².